The Morgan fingerprint density at radius 3 is 2.17 bits per heavy atom. The number of carbonyl (C=O) groups excluding carboxylic acids is 2. The topological polar surface area (TPSA) is 66.4 Å². The Kier molecular flexibility index (Phi) is 5.66. The van der Waals surface area contributed by atoms with Gasteiger partial charge in [-0.25, -0.2) is 0 Å². The highest BCUT2D eigenvalue weighted by molar-refractivity contribution is 6.42. The molecule has 1 atom stereocenters. The van der Waals surface area contributed by atoms with Crippen molar-refractivity contribution >= 4 is 11.7 Å². The van der Waals surface area contributed by atoms with Crippen LogP contribution in [0.25, 0.3) is 0 Å². The first-order valence-corrected chi connectivity index (χ1v) is 7.66. The van der Waals surface area contributed by atoms with E-state index in [0.717, 1.165) is 17.5 Å². The Morgan fingerprint density at radius 1 is 1.04 bits per heavy atom. The van der Waals surface area contributed by atoms with Crippen molar-refractivity contribution in [2.24, 2.45) is 0 Å². The van der Waals surface area contributed by atoms with E-state index in [2.05, 4.69) is 12.2 Å². The van der Waals surface area contributed by atoms with Crippen LogP contribution in [-0.4, -0.2) is 23.4 Å². The highest BCUT2D eigenvalue weighted by Gasteiger charge is 2.20. The van der Waals surface area contributed by atoms with Crippen molar-refractivity contribution in [2.45, 2.75) is 26.3 Å². The number of rotatable bonds is 6. The number of ketones is 1. The van der Waals surface area contributed by atoms with E-state index in [1.807, 2.05) is 31.2 Å². The van der Waals surface area contributed by atoms with Gasteiger partial charge in [-0.2, -0.15) is 0 Å². The predicted octanol–water partition coefficient (Wildman–Crippen LogP) is 2.59. The molecule has 0 radical (unpaired) electrons. The summed E-state index contributed by atoms with van der Waals surface area (Å²) in [7, 11) is 0. The van der Waals surface area contributed by atoms with E-state index in [-0.39, 0.29) is 6.61 Å². The Balaban J connectivity index is 2.09. The minimum atomic E-state index is -0.715. The molecule has 0 aliphatic rings. The Morgan fingerprint density at radius 2 is 1.65 bits per heavy atom. The van der Waals surface area contributed by atoms with Crippen molar-refractivity contribution in [1.82, 2.24) is 5.32 Å². The number of aliphatic hydroxyl groups is 1. The smallest absolute Gasteiger partial charge is 0.292 e. The molecule has 4 heteroatoms. The van der Waals surface area contributed by atoms with Gasteiger partial charge in [-0.15, -0.1) is 0 Å². The van der Waals surface area contributed by atoms with Crippen LogP contribution in [0.2, 0.25) is 0 Å². The van der Waals surface area contributed by atoms with Crippen molar-refractivity contribution in [3.05, 3.63) is 70.8 Å². The van der Waals surface area contributed by atoms with Crippen molar-refractivity contribution < 1.29 is 14.7 Å². The van der Waals surface area contributed by atoms with Gasteiger partial charge in [0.15, 0.2) is 0 Å². The molecule has 23 heavy (non-hydrogen) atoms. The molecule has 0 fully saturated rings. The SMILES string of the molecule is CCc1ccc(C(CO)NC(=O)C(=O)c2ccc(C)cc2)cc1. The largest absolute Gasteiger partial charge is 0.394 e. The first kappa shape index (κ1) is 16.9. The molecule has 0 heterocycles. The zero-order chi connectivity index (χ0) is 16.8. The average Bonchev–Trinajstić information content (AvgIpc) is 2.59. The number of hydrogen-bond donors (Lipinski definition) is 2. The van der Waals surface area contributed by atoms with E-state index in [9.17, 15) is 14.7 Å². The lowest BCUT2D eigenvalue weighted by molar-refractivity contribution is -0.118. The average molecular weight is 311 g/mol. The van der Waals surface area contributed by atoms with Crippen LogP contribution in [0, 0.1) is 6.92 Å². The van der Waals surface area contributed by atoms with E-state index in [1.54, 1.807) is 24.3 Å². The molecule has 0 aromatic heterocycles. The zero-order valence-corrected chi connectivity index (χ0v) is 13.4. The van der Waals surface area contributed by atoms with Crippen LogP contribution < -0.4 is 5.32 Å². The van der Waals surface area contributed by atoms with Gasteiger partial charge in [-0.05, 0) is 24.5 Å². The number of benzene rings is 2. The maximum Gasteiger partial charge on any atom is 0.292 e. The maximum absolute atomic E-state index is 12.1. The fourth-order valence-electron chi connectivity index (χ4n) is 2.28. The number of aryl methyl sites for hydroxylation is 2. The molecule has 4 nitrogen and oxygen atoms in total. The van der Waals surface area contributed by atoms with Crippen molar-refractivity contribution in [1.29, 1.82) is 0 Å². The van der Waals surface area contributed by atoms with Crippen molar-refractivity contribution in [3.63, 3.8) is 0 Å². The highest BCUT2D eigenvalue weighted by Crippen LogP contribution is 2.14. The van der Waals surface area contributed by atoms with E-state index < -0.39 is 17.7 Å². The van der Waals surface area contributed by atoms with Crippen LogP contribution in [0.4, 0.5) is 0 Å². The van der Waals surface area contributed by atoms with E-state index in [1.165, 1.54) is 5.56 Å². The van der Waals surface area contributed by atoms with Crippen molar-refractivity contribution in [2.75, 3.05) is 6.61 Å². The maximum atomic E-state index is 12.1. The van der Waals surface area contributed by atoms with Gasteiger partial charge < -0.3 is 10.4 Å². The molecular formula is C19H21NO3. The van der Waals surface area contributed by atoms with E-state index >= 15 is 0 Å². The molecular weight excluding hydrogens is 290 g/mol. The minimum absolute atomic E-state index is 0.265. The molecule has 0 spiro atoms. The summed E-state index contributed by atoms with van der Waals surface area (Å²) in [6, 6.07) is 13.8. The molecule has 1 amide bonds. The van der Waals surface area contributed by atoms with Gasteiger partial charge in [0.25, 0.3) is 5.91 Å². The summed E-state index contributed by atoms with van der Waals surface area (Å²) in [5, 5.41) is 12.1. The predicted molar refractivity (Wildman–Crippen MR) is 89.3 cm³/mol. The monoisotopic (exact) mass is 311 g/mol. The third-order valence-corrected chi connectivity index (χ3v) is 3.80. The Hall–Kier alpha value is -2.46. The first-order chi connectivity index (χ1) is 11.0. The Labute approximate surface area is 136 Å². The second kappa shape index (κ2) is 7.70. The summed E-state index contributed by atoms with van der Waals surface area (Å²) >= 11 is 0. The first-order valence-electron chi connectivity index (χ1n) is 7.66. The molecule has 0 bridgehead atoms. The van der Waals surface area contributed by atoms with Crippen LogP contribution >= 0.6 is 0 Å². The number of amides is 1. The third kappa shape index (κ3) is 4.27. The molecule has 2 N–H and O–H groups in total. The van der Waals surface area contributed by atoms with Gasteiger partial charge >= 0.3 is 0 Å². The highest BCUT2D eigenvalue weighted by atomic mass is 16.3. The van der Waals surface area contributed by atoms with Crippen LogP contribution in [0.15, 0.2) is 48.5 Å². The number of nitrogens with one attached hydrogen (secondary N) is 1. The van der Waals surface area contributed by atoms with Gasteiger partial charge in [0.2, 0.25) is 5.78 Å². The number of aliphatic hydroxyl groups excluding tert-OH is 1. The molecule has 2 aromatic carbocycles. The second-order valence-corrected chi connectivity index (χ2v) is 5.50. The normalized spacial score (nSPS) is 11.8. The summed E-state index contributed by atoms with van der Waals surface area (Å²) in [5.41, 5.74) is 3.31. The molecule has 0 aliphatic heterocycles. The van der Waals surface area contributed by atoms with E-state index in [4.69, 9.17) is 0 Å². The summed E-state index contributed by atoms with van der Waals surface area (Å²) in [6.45, 7) is 3.70. The van der Waals surface area contributed by atoms with Gasteiger partial charge in [0.1, 0.15) is 0 Å². The molecule has 0 saturated heterocycles. The lowest BCUT2D eigenvalue weighted by atomic mass is 10.0. The molecule has 1 unspecified atom stereocenters. The third-order valence-electron chi connectivity index (χ3n) is 3.80. The van der Waals surface area contributed by atoms with Gasteiger partial charge in [-0.3, -0.25) is 9.59 Å². The molecule has 2 rings (SSSR count). The summed E-state index contributed by atoms with van der Waals surface area (Å²) in [5.74, 6) is -1.32. The number of Topliss-reactive ketones (excluding diaryl/α,β-unsaturated/α-hetero) is 1. The van der Waals surface area contributed by atoms with Gasteiger partial charge in [-0.1, -0.05) is 61.0 Å². The molecule has 120 valence electrons. The quantitative estimate of drug-likeness (QED) is 0.636. The lowest BCUT2D eigenvalue weighted by Gasteiger charge is -2.16. The molecule has 2 aromatic rings. The number of hydrogen-bond acceptors (Lipinski definition) is 3. The van der Waals surface area contributed by atoms with Crippen LogP contribution in [0.1, 0.15) is 40.0 Å². The number of carbonyl (C=O) groups is 2. The summed E-state index contributed by atoms with van der Waals surface area (Å²) in [4.78, 5) is 24.3. The minimum Gasteiger partial charge on any atom is -0.394 e. The van der Waals surface area contributed by atoms with Crippen molar-refractivity contribution in [3.8, 4) is 0 Å². The lowest BCUT2D eigenvalue weighted by Crippen LogP contribution is -2.36. The molecule has 0 saturated carbocycles. The summed E-state index contributed by atoms with van der Waals surface area (Å²) < 4.78 is 0. The Bertz CT molecular complexity index is 675. The fourth-order valence-corrected chi connectivity index (χ4v) is 2.28. The molecule has 0 aliphatic carbocycles. The van der Waals surface area contributed by atoms with Crippen LogP contribution in [0.5, 0.6) is 0 Å². The van der Waals surface area contributed by atoms with Gasteiger partial charge in [0.05, 0.1) is 12.6 Å². The van der Waals surface area contributed by atoms with Crippen LogP contribution in [-0.2, 0) is 11.2 Å². The van der Waals surface area contributed by atoms with Crippen LogP contribution in [0.3, 0.4) is 0 Å². The zero-order valence-electron chi connectivity index (χ0n) is 13.4. The van der Waals surface area contributed by atoms with E-state index in [0.29, 0.717) is 5.56 Å². The standard InChI is InChI=1S/C19H21NO3/c1-3-14-6-10-15(11-7-14)17(12-21)20-19(23)18(22)16-8-4-13(2)5-9-16/h4-11,17,21H,3,12H2,1-2H3,(H,20,23). The fraction of sp³-hybridized carbons (Fsp3) is 0.263. The second-order valence-electron chi connectivity index (χ2n) is 5.50. The summed E-state index contributed by atoms with van der Waals surface area (Å²) in [6.07, 6.45) is 0.919. The van der Waals surface area contributed by atoms with Gasteiger partial charge in [0, 0.05) is 5.56 Å².